The smallest absolute Gasteiger partial charge is 0.350 e. The molecule has 0 aliphatic heterocycles. The lowest BCUT2D eigenvalue weighted by atomic mass is 10.2. The standard InChI is InChI=1S/C24H25N5O4S/c1-15-8-9-19(16(2)12-15)34-23-22-27-29(24(31)28(22)11-10-25-23)14-20(30)26-13-17-6-5-7-18(32-3)21(17)33-4/h5-12H,13-14H2,1-4H3,(H,26,30). The number of nitrogens with one attached hydrogen (secondary N) is 1. The van der Waals surface area contributed by atoms with Gasteiger partial charge >= 0.3 is 5.69 Å². The molecule has 0 saturated carbocycles. The van der Waals surface area contributed by atoms with Gasteiger partial charge in [-0.3, -0.25) is 4.79 Å². The molecule has 9 nitrogen and oxygen atoms in total. The van der Waals surface area contributed by atoms with Gasteiger partial charge < -0.3 is 14.8 Å². The van der Waals surface area contributed by atoms with Crippen LogP contribution in [-0.4, -0.2) is 39.3 Å². The van der Waals surface area contributed by atoms with Gasteiger partial charge in [0.05, 0.1) is 14.2 Å². The molecule has 0 atom stereocenters. The maximum absolute atomic E-state index is 12.8. The molecule has 0 fully saturated rings. The largest absolute Gasteiger partial charge is 0.493 e. The number of aromatic nitrogens is 4. The molecule has 1 N–H and O–H groups in total. The minimum absolute atomic E-state index is 0.219. The number of carbonyl (C=O) groups is 1. The molecule has 0 bridgehead atoms. The van der Waals surface area contributed by atoms with Crippen LogP contribution < -0.4 is 20.5 Å². The van der Waals surface area contributed by atoms with E-state index in [1.54, 1.807) is 32.7 Å². The maximum Gasteiger partial charge on any atom is 0.350 e. The summed E-state index contributed by atoms with van der Waals surface area (Å²) >= 11 is 1.44. The first-order valence-electron chi connectivity index (χ1n) is 10.6. The van der Waals surface area contributed by atoms with E-state index in [-0.39, 0.29) is 19.0 Å². The Morgan fingerprint density at radius 3 is 2.71 bits per heavy atom. The van der Waals surface area contributed by atoms with E-state index in [2.05, 4.69) is 21.5 Å². The molecule has 4 rings (SSSR count). The number of methoxy groups -OCH3 is 2. The van der Waals surface area contributed by atoms with Gasteiger partial charge in [0.1, 0.15) is 11.6 Å². The van der Waals surface area contributed by atoms with E-state index in [0.717, 1.165) is 20.7 Å². The molecule has 0 radical (unpaired) electrons. The number of amides is 1. The zero-order valence-electron chi connectivity index (χ0n) is 19.4. The Hall–Kier alpha value is -3.79. The highest BCUT2D eigenvalue weighted by molar-refractivity contribution is 7.99. The van der Waals surface area contributed by atoms with Crippen molar-refractivity contribution in [2.24, 2.45) is 0 Å². The molecular formula is C24H25N5O4S. The summed E-state index contributed by atoms with van der Waals surface area (Å²) in [4.78, 5) is 30.9. The lowest BCUT2D eigenvalue weighted by molar-refractivity contribution is -0.122. The number of hydrogen-bond donors (Lipinski definition) is 1. The van der Waals surface area contributed by atoms with Crippen molar-refractivity contribution in [3.8, 4) is 11.5 Å². The summed E-state index contributed by atoms with van der Waals surface area (Å²) in [6, 6.07) is 11.6. The average molecular weight is 480 g/mol. The van der Waals surface area contributed by atoms with Gasteiger partial charge in [-0.25, -0.2) is 18.9 Å². The molecule has 0 aliphatic rings. The fourth-order valence-corrected chi connectivity index (χ4v) is 4.51. The van der Waals surface area contributed by atoms with Crippen molar-refractivity contribution in [2.45, 2.75) is 36.9 Å². The minimum atomic E-state index is -0.408. The monoisotopic (exact) mass is 479 g/mol. The number of ether oxygens (including phenoxy) is 2. The average Bonchev–Trinajstić information content (AvgIpc) is 3.15. The molecule has 0 unspecified atom stereocenters. The zero-order chi connectivity index (χ0) is 24.2. The second kappa shape index (κ2) is 10.0. The third-order valence-corrected chi connectivity index (χ3v) is 6.42. The number of benzene rings is 2. The fourth-order valence-electron chi connectivity index (χ4n) is 3.60. The lowest BCUT2D eigenvalue weighted by Gasteiger charge is -2.13. The van der Waals surface area contributed by atoms with Crippen LogP contribution in [0.2, 0.25) is 0 Å². The number of rotatable bonds is 8. The third-order valence-electron chi connectivity index (χ3n) is 5.26. The van der Waals surface area contributed by atoms with E-state index in [1.807, 2.05) is 38.1 Å². The van der Waals surface area contributed by atoms with Gasteiger partial charge in [0.15, 0.2) is 17.1 Å². The van der Waals surface area contributed by atoms with Crippen LogP contribution in [-0.2, 0) is 17.9 Å². The van der Waals surface area contributed by atoms with Crippen LogP contribution >= 0.6 is 11.8 Å². The molecule has 34 heavy (non-hydrogen) atoms. The van der Waals surface area contributed by atoms with Gasteiger partial charge in [-0.1, -0.05) is 41.6 Å². The van der Waals surface area contributed by atoms with Gasteiger partial charge in [-0.05, 0) is 31.5 Å². The van der Waals surface area contributed by atoms with Crippen molar-refractivity contribution in [3.05, 3.63) is 76.0 Å². The first-order valence-corrected chi connectivity index (χ1v) is 11.4. The Balaban J connectivity index is 1.53. The van der Waals surface area contributed by atoms with E-state index in [0.29, 0.717) is 22.2 Å². The summed E-state index contributed by atoms with van der Waals surface area (Å²) in [6.07, 6.45) is 3.10. The molecule has 2 heterocycles. The molecule has 0 spiro atoms. The van der Waals surface area contributed by atoms with Crippen LogP contribution in [0.4, 0.5) is 0 Å². The van der Waals surface area contributed by atoms with Crippen molar-refractivity contribution in [1.82, 2.24) is 24.5 Å². The summed E-state index contributed by atoms with van der Waals surface area (Å²) in [5.74, 6) is 0.772. The van der Waals surface area contributed by atoms with E-state index in [4.69, 9.17) is 9.47 Å². The van der Waals surface area contributed by atoms with Gasteiger partial charge in [-0.15, -0.1) is 5.10 Å². The first kappa shape index (κ1) is 23.4. The highest BCUT2D eigenvalue weighted by Crippen LogP contribution is 2.31. The van der Waals surface area contributed by atoms with Crippen molar-refractivity contribution < 1.29 is 14.3 Å². The fraction of sp³-hybridized carbons (Fsp3) is 0.250. The van der Waals surface area contributed by atoms with Crippen LogP contribution in [0.25, 0.3) is 5.65 Å². The minimum Gasteiger partial charge on any atom is -0.493 e. The van der Waals surface area contributed by atoms with E-state index in [1.165, 1.54) is 21.7 Å². The van der Waals surface area contributed by atoms with Gasteiger partial charge in [-0.2, -0.15) is 0 Å². The van der Waals surface area contributed by atoms with Crippen LogP contribution in [0, 0.1) is 13.8 Å². The molecule has 1 amide bonds. The third kappa shape index (κ3) is 4.76. The normalized spacial score (nSPS) is 10.9. The van der Waals surface area contributed by atoms with Crippen LogP contribution in [0.3, 0.4) is 0 Å². The Morgan fingerprint density at radius 1 is 1.15 bits per heavy atom. The van der Waals surface area contributed by atoms with Gasteiger partial charge in [0, 0.05) is 29.4 Å². The Labute approximate surface area is 200 Å². The summed E-state index contributed by atoms with van der Waals surface area (Å²) in [7, 11) is 3.10. The maximum atomic E-state index is 12.8. The van der Waals surface area contributed by atoms with Crippen molar-refractivity contribution in [2.75, 3.05) is 14.2 Å². The summed E-state index contributed by atoms with van der Waals surface area (Å²) in [6.45, 7) is 4.07. The number of carbonyl (C=O) groups excluding carboxylic acids is 1. The second-order valence-electron chi connectivity index (χ2n) is 7.67. The SMILES string of the molecule is COc1cccc(CNC(=O)Cn2nc3c(Sc4ccc(C)cc4C)nccn3c2=O)c1OC. The number of para-hydroxylation sites is 1. The zero-order valence-corrected chi connectivity index (χ0v) is 20.2. The van der Waals surface area contributed by atoms with Crippen molar-refractivity contribution in [1.29, 1.82) is 0 Å². The number of hydrogen-bond acceptors (Lipinski definition) is 7. The Kier molecular flexibility index (Phi) is 6.87. The van der Waals surface area contributed by atoms with Crippen molar-refractivity contribution >= 4 is 23.3 Å². The Morgan fingerprint density at radius 2 is 1.97 bits per heavy atom. The molecule has 176 valence electrons. The molecule has 0 saturated heterocycles. The van der Waals surface area contributed by atoms with E-state index >= 15 is 0 Å². The van der Waals surface area contributed by atoms with Gasteiger partial charge in [0.2, 0.25) is 5.91 Å². The second-order valence-corrected chi connectivity index (χ2v) is 8.70. The van der Waals surface area contributed by atoms with E-state index in [9.17, 15) is 9.59 Å². The first-order chi connectivity index (χ1) is 16.4. The molecule has 2 aromatic carbocycles. The molecule has 0 aliphatic carbocycles. The predicted molar refractivity (Wildman–Crippen MR) is 129 cm³/mol. The number of nitrogens with zero attached hydrogens (tertiary/aromatic N) is 4. The summed E-state index contributed by atoms with van der Waals surface area (Å²) in [5.41, 5.74) is 3.04. The highest BCUT2D eigenvalue weighted by atomic mass is 32.2. The van der Waals surface area contributed by atoms with Crippen LogP contribution in [0.1, 0.15) is 16.7 Å². The molecule has 2 aromatic heterocycles. The summed E-state index contributed by atoms with van der Waals surface area (Å²) < 4.78 is 13.2. The van der Waals surface area contributed by atoms with Crippen molar-refractivity contribution in [3.63, 3.8) is 0 Å². The Bertz CT molecular complexity index is 1410. The molecule has 10 heteroatoms. The van der Waals surface area contributed by atoms with Crippen LogP contribution in [0.15, 0.2) is 63.5 Å². The summed E-state index contributed by atoms with van der Waals surface area (Å²) in [5, 5.41) is 7.79. The predicted octanol–water partition coefficient (Wildman–Crippen LogP) is 2.99. The topological polar surface area (TPSA) is 99.7 Å². The van der Waals surface area contributed by atoms with E-state index < -0.39 is 5.69 Å². The number of aryl methyl sites for hydroxylation is 2. The highest BCUT2D eigenvalue weighted by Gasteiger charge is 2.16. The molecular weight excluding hydrogens is 454 g/mol. The van der Waals surface area contributed by atoms with Crippen LogP contribution in [0.5, 0.6) is 11.5 Å². The van der Waals surface area contributed by atoms with Gasteiger partial charge in [0.25, 0.3) is 0 Å². The quantitative estimate of drug-likeness (QED) is 0.415. The lowest BCUT2D eigenvalue weighted by Crippen LogP contribution is -2.32. The molecule has 4 aromatic rings. The number of fused-ring (bicyclic) bond motifs is 1.